The fraction of sp³-hybridized carbons (Fsp3) is 0.375. The van der Waals surface area contributed by atoms with Crippen LogP contribution in [0.3, 0.4) is 0 Å². The predicted octanol–water partition coefficient (Wildman–Crippen LogP) is 4.85. The molecular formula is C24H28ClN3O. The molecule has 1 fully saturated rings. The van der Waals surface area contributed by atoms with Crippen LogP contribution in [0, 0.1) is 5.92 Å². The number of halogens is 1. The van der Waals surface area contributed by atoms with Crippen molar-refractivity contribution in [1.29, 1.82) is 0 Å². The van der Waals surface area contributed by atoms with Crippen LogP contribution in [0.2, 0.25) is 5.02 Å². The standard InChI is InChI=1S/C24H28ClN3O/c1-27(24(29)22-15-26-23-7-3-2-6-21(22)23)16-19-5-4-13-28(17-19)14-12-18-8-10-20(25)11-9-18/h2-3,6-11,15,19,26H,4-5,12-14,16-17H2,1H3. The first-order valence-corrected chi connectivity index (χ1v) is 10.8. The molecular weight excluding hydrogens is 382 g/mol. The highest BCUT2D eigenvalue weighted by atomic mass is 35.5. The summed E-state index contributed by atoms with van der Waals surface area (Å²) in [6, 6.07) is 16.1. The van der Waals surface area contributed by atoms with Gasteiger partial charge in [0.2, 0.25) is 0 Å². The van der Waals surface area contributed by atoms with Gasteiger partial charge in [-0.1, -0.05) is 41.9 Å². The minimum Gasteiger partial charge on any atom is -0.360 e. The smallest absolute Gasteiger partial charge is 0.255 e. The van der Waals surface area contributed by atoms with E-state index in [0.717, 1.165) is 54.1 Å². The molecule has 0 aliphatic carbocycles. The molecule has 5 heteroatoms. The van der Waals surface area contributed by atoms with Gasteiger partial charge in [-0.3, -0.25) is 4.79 Å². The quantitative estimate of drug-likeness (QED) is 0.632. The Bertz CT molecular complexity index is 966. The summed E-state index contributed by atoms with van der Waals surface area (Å²) in [5.74, 6) is 0.619. The van der Waals surface area contributed by atoms with E-state index in [-0.39, 0.29) is 5.91 Å². The second kappa shape index (κ2) is 9.02. The van der Waals surface area contributed by atoms with Crippen LogP contribution in [0.25, 0.3) is 10.9 Å². The Labute approximate surface area is 177 Å². The number of carbonyl (C=O) groups is 1. The summed E-state index contributed by atoms with van der Waals surface area (Å²) in [5.41, 5.74) is 3.09. The molecule has 1 N–H and O–H groups in total. The molecule has 4 rings (SSSR count). The van der Waals surface area contributed by atoms with Crippen molar-refractivity contribution in [2.75, 3.05) is 33.2 Å². The maximum Gasteiger partial charge on any atom is 0.255 e. The zero-order valence-electron chi connectivity index (χ0n) is 16.9. The third-order valence-corrected chi connectivity index (χ3v) is 6.18. The third kappa shape index (κ3) is 4.82. The maximum absolute atomic E-state index is 13.0. The summed E-state index contributed by atoms with van der Waals surface area (Å²) < 4.78 is 0. The normalized spacial score (nSPS) is 17.5. The predicted molar refractivity (Wildman–Crippen MR) is 120 cm³/mol. The number of hydrogen-bond donors (Lipinski definition) is 1. The molecule has 2 heterocycles. The van der Waals surface area contributed by atoms with Crippen LogP contribution >= 0.6 is 11.6 Å². The van der Waals surface area contributed by atoms with Crippen molar-refractivity contribution < 1.29 is 4.79 Å². The fourth-order valence-corrected chi connectivity index (χ4v) is 4.49. The van der Waals surface area contributed by atoms with Gasteiger partial charge in [0, 0.05) is 48.8 Å². The largest absolute Gasteiger partial charge is 0.360 e. The van der Waals surface area contributed by atoms with E-state index in [2.05, 4.69) is 22.0 Å². The minimum absolute atomic E-state index is 0.0979. The summed E-state index contributed by atoms with van der Waals surface area (Å²) in [6.45, 7) is 4.05. The maximum atomic E-state index is 13.0. The van der Waals surface area contributed by atoms with Crippen molar-refractivity contribution in [3.63, 3.8) is 0 Å². The van der Waals surface area contributed by atoms with Gasteiger partial charge in [0.25, 0.3) is 5.91 Å². The number of hydrogen-bond acceptors (Lipinski definition) is 2. The first-order chi connectivity index (χ1) is 14.1. The van der Waals surface area contributed by atoms with Crippen molar-refractivity contribution in [2.45, 2.75) is 19.3 Å². The highest BCUT2D eigenvalue weighted by Crippen LogP contribution is 2.22. The SMILES string of the molecule is CN(CC1CCCN(CCc2ccc(Cl)cc2)C1)C(=O)c1c[nH]c2ccccc12. The van der Waals surface area contributed by atoms with E-state index >= 15 is 0 Å². The molecule has 1 aromatic heterocycles. The highest BCUT2D eigenvalue weighted by Gasteiger charge is 2.24. The van der Waals surface area contributed by atoms with Gasteiger partial charge in [-0.05, 0) is 55.5 Å². The zero-order chi connectivity index (χ0) is 20.2. The number of amides is 1. The molecule has 1 amide bonds. The van der Waals surface area contributed by atoms with Crippen LogP contribution in [-0.4, -0.2) is 53.9 Å². The molecule has 0 bridgehead atoms. The number of likely N-dealkylation sites (tertiary alicyclic amines) is 1. The van der Waals surface area contributed by atoms with E-state index < -0.39 is 0 Å². The average molecular weight is 410 g/mol. The Hall–Kier alpha value is -2.30. The van der Waals surface area contributed by atoms with Gasteiger partial charge in [0.05, 0.1) is 5.56 Å². The number of H-pyrrole nitrogens is 1. The summed E-state index contributed by atoms with van der Waals surface area (Å²) in [7, 11) is 1.93. The first-order valence-electron chi connectivity index (χ1n) is 10.4. The number of aromatic nitrogens is 1. The second-order valence-corrected chi connectivity index (χ2v) is 8.56. The topological polar surface area (TPSA) is 39.3 Å². The lowest BCUT2D eigenvalue weighted by Gasteiger charge is -2.34. The minimum atomic E-state index is 0.0979. The van der Waals surface area contributed by atoms with Crippen LogP contribution in [0.15, 0.2) is 54.7 Å². The summed E-state index contributed by atoms with van der Waals surface area (Å²) in [5, 5.41) is 1.78. The van der Waals surface area contributed by atoms with E-state index in [1.54, 1.807) is 0 Å². The Morgan fingerprint density at radius 2 is 2.00 bits per heavy atom. The summed E-state index contributed by atoms with van der Waals surface area (Å²) >= 11 is 5.98. The van der Waals surface area contributed by atoms with Gasteiger partial charge in [-0.25, -0.2) is 0 Å². The molecule has 1 unspecified atom stereocenters. The Morgan fingerprint density at radius 3 is 2.83 bits per heavy atom. The number of para-hydroxylation sites is 1. The third-order valence-electron chi connectivity index (χ3n) is 5.93. The van der Waals surface area contributed by atoms with Crippen molar-refractivity contribution in [3.8, 4) is 0 Å². The van der Waals surface area contributed by atoms with E-state index in [0.29, 0.717) is 5.92 Å². The van der Waals surface area contributed by atoms with Crippen LogP contribution in [0.1, 0.15) is 28.8 Å². The molecule has 2 aromatic carbocycles. The molecule has 1 atom stereocenters. The second-order valence-electron chi connectivity index (χ2n) is 8.12. The molecule has 0 spiro atoms. The first kappa shape index (κ1) is 20.0. The Balaban J connectivity index is 1.32. The van der Waals surface area contributed by atoms with Gasteiger partial charge in [0.1, 0.15) is 0 Å². The molecule has 3 aromatic rings. The molecule has 1 saturated heterocycles. The number of nitrogens with one attached hydrogen (secondary N) is 1. The molecule has 29 heavy (non-hydrogen) atoms. The number of fused-ring (bicyclic) bond motifs is 1. The van der Waals surface area contributed by atoms with E-state index in [1.807, 2.05) is 54.5 Å². The lowest BCUT2D eigenvalue weighted by molar-refractivity contribution is 0.0732. The van der Waals surface area contributed by atoms with E-state index in [9.17, 15) is 4.79 Å². The summed E-state index contributed by atoms with van der Waals surface area (Å²) in [6.07, 6.45) is 5.25. The van der Waals surface area contributed by atoms with Crippen molar-refractivity contribution in [2.24, 2.45) is 5.92 Å². The molecule has 4 nitrogen and oxygen atoms in total. The highest BCUT2D eigenvalue weighted by molar-refractivity contribution is 6.30. The number of rotatable bonds is 6. The van der Waals surface area contributed by atoms with Gasteiger partial charge in [-0.2, -0.15) is 0 Å². The van der Waals surface area contributed by atoms with E-state index in [1.165, 1.54) is 18.4 Å². The zero-order valence-corrected chi connectivity index (χ0v) is 17.7. The number of carbonyl (C=O) groups excluding carboxylic acids is 1. The van der Waals surface area contributed by atoms with Crippen molar-refractivity contribution in [1.82, 2.24) is 14.8 Å². The average Bonchev–Trinajstić information content (AvgIpc) is 3.17. The van der Waals surface area contributed by atoms with Crippen LogP contribution in [-0.2, 0) is 6.42 Å². The Kier molecular flexibility index (Phi) is 6.22. The number of benzene rings is 2. The lowest BCUT2D eigenvalue weighted by atomic mass is 9.96. The fourth-order valence-electron chi connectivity index (χ4n) is 4.37. The van der Waals surface area contributed by atoms with Crippen molar-refractivity contribution >= 4 is 28.4 Å². The van der Waals surface area contributed by atoms with Gasteiger partial charge in [0.15, 0.2) is 0 Å². The number of nitrogens with zero attached hydrogens (tertiary/aromatic N) is 2. The molecule has 152 valence electrons. The summed E-state index contributed by atoms with van der Waals surface area (Å²) in [4.78, 5) is 20.6. The monoisotopic (exact) mass is 409 g/mol. The van der Waals surface area contributed by atoms with Gasteiger partial charge < -0.3 is 14.8 Å². The van der Waals surface area contributed by atoms with Gasteiger partial charge in [-0.15, -0.1) is 0 Å². The number of piperidine rings is 1. The Morgan fingerprint density at radius 1 is 1.21 bits per heavy atom. The van der Waals surface area contributed by atoms with Crippen LogP contribution < -0.4 is 0 Å². The number of aromatic amines is 1. The molecule has 1 aliphatic rings. The van der Waals surface area contributed by atoms with E-state index in [4.69, 9.17) is 11.6 Å². The van der Waals surface area contributed by atoms with Crippen molar-refractivity contribution in [3.05, 3.63) is 70.9 Å². The molecule has 0 radical (unpaired) electrons. The lowest BCUT2D eigenvalue weighted by Crippen LogP contribution is -2.42. The van der Waals surface area contributed by atoms with Gasteiger partial charge >= 0.3 is 0 Å². The molecule has 0 saturated carbocycles. The van der Waals surface area contributed by atoms with Crippen LogP contribution in [0.4, 0.5) is 0 Å². The van der Waals surface area contributed by atoms with Crippen LogP contribution in [0.5, 0.6) is 0 Å². The molecule has 1 aliphatic heterocycles.